The van der Waals surface area contributed by atoms with Crippen LogP contribution in [-0.4, -0.2) is 58.4 Å². The number of nitrogens with one attached hydrogen (secondary N) is 1. The lowest BCUT2D eigenvalue weighted by molar-refractivity contribution is 0.104. The number of fused-ring (bicyclic) bond motifs is 1. The van der Waals surface area contributed by atoms with Crippen LogP contribution in [0.1, 0.15) is 22.8 Å². The smallest absolute Gasteiger partial charge is 0.196 e. The third-order valence-electron chi connectivity index (χ3n) is 6.12. The normalized spacial score (nSPS) is 16.8. The van der Waals surface area contributed by atoms with Crippen molar-refractivity contribution < 1.29 is 9.53 Å². The first kappa shape index (κ1) is 21.4. The number of anilines is 1. The number of hydrogen-bond acceptors (Lipinski definition) is 6. The fourth-order valence-corrected chi connectivity index (χ4v) is 4.38. The van der Waals surface area contributed by atoms with Gasteiger partial charge in [0.05, 0.1) is 16.0 Å². The lowest BCUT2D eigenvalue weighted by Crippen LogP contribution is -2.50. The molecule has 0 aliphatic carbocycles. The van der Waals surface area contributed by atoms with Crippen molar-refractivity contribution in [2.45, 2.75) is 13.0 Å². The van der Waals surface area contributed by atoms with Gasteiger partial charge in [0.15, 0.2) is 5.78 Å². The molecule has 1 aliphatic rings. The molecule has 1 N–H and O–H groups in total. The molecule has 0 bridgehead atoms. The maximum absolute atomic E-state index is 13.5. The van der Waals surface area contributed by atoms with Crippen LogP contribution in [0.25, 0.3) is 11.0 Å². The first-order chi connectivity index (χ1) is 16.0. The molecule has 5 rings (SSSR count). The van der Waals surface area contributed by atoms with Gasteiger partial charge in [0.2, 0.25) is 0 Å². The van der Waals surface area contributed by atoms with E-state index in [1.807, 2.05) is 30.3 Å². The van der Waals surface area contributed by atoms with Gasteiger partial charge in [0, 0.05) is 43.5 Å². The van der Waals surface area contributed by atoms with E-state index in [0.29, 0.717) is 39.3 Å². The molecule has 1 saturated heterocycles. The van der Waals surface area contributed by atoms with Crippen molar-refractivity contribution in [2.75, 3.05) is 31.6 Å². The minimum atomic E-state index is -0.185. The van der Waals surface area contributed by atoms with E-state index in [0.717, 1.165) is 30.8 Å². The lowest BCUT2D eigenvalue weighted by Gasteiger charge is -2.38. The van der Waals surface area contributed by atoms with E-state index in [9.17, 15) is 4.79 Å². The van der Waals surface area contributed by atoms with Crippen molar-refractivity contribution >= 4 is 34.2 Å². The number of carbonyl (C=O) groups excluding carboxylic acids is 1. The Hall–Kier alpha value is -3.42. The van der Waals surface area contributed by atoms with Gasteiger partial charge in [0.1, 0.15) is 29.3 Å². The molecule has 0 spiro atoms. The Bertz CT molecular complexity index is 1310. The van der Waals surface area contributed by atoms with E-state index in [4.69, 9.17) is 16.3 Å². The molecule has 1 atom stereocenters. The van der Waals surface area contributed by atoms with Crippen molar-refractivity contribution in [3.8, 4) is 11.5 Å². The number of aromatic amines is 1. The number of likely N-dealkylation sites (N-methyl/N-ethyl adjacent to an activating group) is 1. The summed E-state index contributed by atoms with van der Waals surface area (Å²) in [5, 5.41) is 1.05. The molecule has 33 heavy (non-hydrogen) atoms. The fourth-order valence-electron chi connectivity index (χ4n) is 4.12. The molecule has 1 aliphatic heterocycles. The summed E-state index contributed by atoms with van der Waals surface area (Å²) in [7, 11) is 2.12. The molecular formula is C25H24ClN5O2. The van der Waals surface area contributed by atoms with Gasteiger partial charge in [-0.25, -0.2) is 9.97 Å². The number of aromatic nitrogens is 3. The molecular weight excluding hydrogens is 438 g/mol. The van der Waals surface area contributed by atoms with Gasteiger partial charge in [0.25, 0.3) is 0 Å². The minimum Gasteiger partial charge on any atom is -0.457 e. The standard InChI is InChI=1S/C25H24ClN5O2/c1-16-14-31(11-10-30(16)2)25-22-20(13-27-24(22)28-15-29-25)23(32)19-9-8-18(12-21(19)26)33-17-6-4-3-5-7-17/h3-9,12-13,15-16H,10-11,14H2,1-2H3,(H,27,28,29). The molecule has 7 nitrogen and oxygen atoms in total. The topological polar surface area (TPSA) is 74.3 Å². The van der Waals surface area contributed by atoms with E-state index in [1.165, 1.54) is 6.33 Å². The number of ether oxygens (including phenoxy) is 1. The zero-order valence-electron chi connectivity index (χ0n) is 18.5. The molecule has 1 unspecified atom stereocenters. The zero-order valence-corrected chi connectivity index (χ0v) is 19.2. The largest absolute Gasteiger partial charge is 0.457 e. The SMILES string of the molecule is CC1CN(c2ncnc3[nH]cc(C(=O)c4ccc(Oc5ccccc5)cc4Cl)c23)CCN1C. The Balaban J connectivity index is 1.48. The summed E-state index contributed by atoms with van der Waals surface area (Å²) in [6.07, 6.45) is 3.23. The van der Waals surface area contributed by atoms with Gasteiger partial charge >= 0.3 is 0 Å². The quantitative estimate of drug-likeness (QED) is 0.431. The van der Waals surface area contributed by atoms with Crippen molar-refractivity contribution in [1.82, 2.24) is 19.9 Å². The Morgan fingerprint density at radius 3 is 2.67 bits per heavy atom. The molecule has 4 aromatic rings. The highest BCUT2D eigenvalue weighted by molar-refractivity contribution is 6.35. The molecule has 2 aromatic carbocycles. The summed E-state index contributed by atoms with van der Waals surface area (Å²) in [4.78, 5) is 30.1. The van der Waals surface area contributed by atoms with Crippen LogP contribution in [0.5, 0.6) is 11.5 Å². The lowest BCUT2D eigenvalue weighted by atomic mass is 10.0. The molecule has 168 valence electrons. The van der Waals surface area contributed by atoms with Crippen molar-refractivity contribution in [3.63, 3.8) is 0 Å². The number of hydrogen-bond donors (Lipinski definition) is 1. The summed E-state index contributed by atoms with van der Waals surface area (Å²) in [5.74, 6) is 1.85. The second-order valence-electron chi connectivity index (χ2n) is 8.28. The van der Waals surface area contributed by atoms with Crippen molar-refractivity contribution in [3.05, 3.63) is 77.2 Å². The highest BCUT2D eigenvalue weighted by Crippen LogP contribution is 2.32. The highest BCUT2D eigenvalue weighted by atomic mass is 35.5. The third-order valence-corrected chi connectivity index (χ3v) is 6.43. The summed E-state index contributed by atoms with van der Waals surface area (Å²) in [6.45, 7) is 4.77. The number of halogens is 1. The monoisotopic (exact) mass is 461 g/mol. The second kappa shape index (κ2) is 8.84. The molecule has 8 heteroatoms. The number of H-pyrrole nitrogens is 1. The maximum Gasteiger partial charge on any atom is 0.196 e. The van der Waals surface area contributed by atoms with Gasteiger partial charge in [-0.1, -0.05) is 29.8 Å². The summed E-state index contributed by atoms with van der Waals surface area (Å²) < 4.78 is 5.84. The van der Waals surface area contributed by atoms with Gasteiger partial charge < -0.3 is 19.5 Å². The average molecular weight is 462 g/mol. The molecule has 0 saturated carbocycles. The first-order valence-electron chi connectivity index (χ1n) is 10.9. The predicted molar refractivity (Wildman–Crippen MR) is 130 cm³/mol. The highest BCUT2D eigenvalue weighted by Gasteiger charge is 2.27. The predicted octanol–water partition coefficient (Wildman–Crippen LogP) is 4.77. The van der Waals surface area contributed by atoms with Crippen LogP contribution in [0.15, 0.2) is 61.1 Å². The van der Waals surface area contributed by atoms with E-state index in [1.54, 1.807) is 24.4 Å². The van der Waals surface area contributed by atoms with Crippen LogP contribution in [0, 0.1) is 0 Å². The summed E-state index contributed by atoms with van der Waals surface area (Å²) >= 11 is 6.52. The van der Waals surface area contributed by atoms with E-state index < -0.39 is 0 Å². The first-order valence-corrected chi connectivity index (χ1v) is 11.2. The summed E-state index contributed by atoms with van der Waals surface area (Å²) in [6, 6.07) is 14.9. The third kappa shape index (κ3) is 4.17. The second-order valence-corrected chi connectivity index (χ2v) is 8.69. The van der Waals surface area contributed by atoms with Crippen LogP contribution in [0.3, 0.4) is 0 Å². The van der Waals surface area contributed by atoms with Gasteiger partial charge in [-0.2, -0.15) is 0 Å². The van der Waals surface area contributed by atoms with Crippen molar-refractivity contribution in [1.29, 1.82) is 0 Å². The Labute approximate surface area is 197 Å². The van der Waals surface area contributed by atoms with Crippen LogP contribution in [-0.2, 0) is 0 Å². The number of para-hydroxylation sites is 1. The molecule has 3 heterocycles. The van der Waals surface area contributed by atoms with Crippen LogP contribution in [0.2, 0.25) is 5.02 Å². The molecule has 2 aromatic heterocycles. The number of carbonyl (C=O) groups is 1. The zero-order chi connectivity index (χ0) is 22.9. The fraction of sp³-hybridized carbons (Fsp3) is 0.240. The minimum absolute atomic E-state index is 0.185. The van der Waals surface area contributed by atoms with E-state index >= 15 is 0 Å². The number of ketones is 1. The number of rotatable bonds is 5. The van der Waals surface area contributed by atoms with Crippen LogP contribution < -0.4 is 9.64 Å². The molecule has 0 radical (unpaired) electrons. The van der Waals surface area contributed by atoms with E-state index in [-0.39, 0.29) is 5.78 Å². The van der Waals surface area contributed by atoms with E-state index in [2.05, 4.69) is 38.7 Å². The maximum atomic E-state index is 13.5. The molecule has 1 fully saturated rings. The van der Waals surface area contributed by atoms with Crippen molar-refractivity contribution in [2.24, 2.45) is 0 Å². The summed E-state index contributed by atoms with van der Waals surface area (Å²) in [5.41, 5.74) is 1.54. The Morgan fingerprint density at radius 2 is 1.91 bits per heavy atom. The Morgan fingerprint density at radius 1 is 1.09 bits per heavy atom. The van der Waals surface area contributed by atoms with Crippen LogP contribution >= 0.6 is 11.6 Å². The number of benzene rings is 2. The van der Waals surface area contributed by atoms with Gasteiger partial charge in [-0.05, 0) is 38.2 Å². The number of nitrogens with zero attached hydrogens (tertiary/aromatic N) is 4. The average Bonchev–Trinajstić information content (AvgIpc) is 3.26. The number of piperazine rings is 1. The van der Waals surface area contributed by atoms with Crippen LogP contribution in [0.4, 0.5) is 5.82 Å². The van der Waals surface area contributed by atoms with Gasteiger partial charge in [-0.15, -0.1) is 0 Å². The molecule has 0 amide bonds. The van der Waals surface area contributed by atoms with Gasteiger partial charge in [-0.3, -0.25) is 4.79 Å². The Kier molecular flexibility index (Phi) is 5.74.